The number of hydrogen-bond donors (Lipinski definition) is 1. The van der Waals surface area contributed by atoms with Gasteiger partial charge in [0.15, 0.2) is 0 Å². The van der Waals surface area contributed by atoms with Crippen LogP contribution in [0.4, 0.5) is 4.39 Å². The number of ether oxygens (including phenoxy) is 1. The van der Waals surface area contributed by atoms with Crippen LogP contribution in [0.1, 0.15) is 30.4 Å². The van der Waals surface area contributed by atoms with Crippen LogP contribution in [-0.4, -0.2) is 12.7 Å². The Labute approximate surface area is 141 Å². The summed E-state index contributed by atoms with van der Waals surface area (Å²) in [5.74, 6) is 0.107. The summed E-state index contributed by atoms with van der Waals surface area (Å²) in [4.78, 5) is 5.54. The number of rotatable bonds is 4. The summed E-state index contributed by atoms with van der Waals surface area (Å²) in [5, 5.41) is 0. The van der Waals surface area contributed by atoms with E-state index in [0.29, 0.717) is 18.8 Å². The van der Waals surface area contributed by atoms with Gasteiger partial charge in [0.25, 0.3) is 0 Å². The van der Waals surface area contributed by atoms with Gasteiger partial charge in [0.05, 0.1) is 24.9 Å². The van der Waals surface area contributed by atoms with E-state index in [-0.39, 0.29) is 17.8 Å². The van der Waals surface area contributed by atoms with Crippen LogP contribution in [0, 0.1) is 11.7 Å². The second kappa shape index (κ2) is 6.63. The molecule has 0 amide bonds. The SMILES string of the molecule is Fc1ccccc1C12CC(OCc3ccccc3)CCC1CON2. The molecule has 0 bridgehead atoms. The van der Waals surface area contributed by atoms with Crippen molar-refractivity contribution >= 4 is 0 Å². The Morgan fingerprint density at radius 1 is 1.08 bits per heavy atom. The molecule has 0 aromatic heterocycles. The van der Waals surface area contributed by atoms with Gasteiger partial charge in [-0.3, -0.25) is 0 Å². The molecule has 4 heteroatoms. The van der Waals surface area contributed by atoms with Crippen LogP contribution < -0.4 is 5.48 Å². The highest BCUT2D eigenvalue weighted by molar-refractivity contribution is 5.29. The van der Waals surface area contributed by atoms with E-state index in [1.54, 1.807) is 6.07 Å². The number of halogens is 1. The molecule has 1 saturated carbocycles. The minimum atomic E-state index is -0.481. The largest absolute Gasteiger partial charge is 0.373 e. The molecule has 2 aliphatic rings. The summed E-state index contributed by atoms with van der Waals surface area (Å²) in [6, 6.07) is 17.2. The van der Waals surface area contributed by atoms with Gasteiger partial charge in [0.1, 0.15) is 5.82 Å². The molecule has 3 unspecified atom stereocenters. The lowest BCUT2D eigenvalue weighted by Gasteiger charge is -2.41. The Balaban J connectivity index is 1.53. The van der Waals surface area contributed by atoms with Crippen molar-refractivity contribution in [3.8, 4) is 0 Å². The lowest BCUT2D eigenvalue weighted by Crippen LogP contribution is -2.48. The quantitative estimate of drug-likeness (QED) is 0.922. The summed E-state index contributed by atoms with van der Waals surface area (Å²) < 4.78 is 20.6. The maximum absolute atomic E-state index is 14.4. The number of benzene rings is 2. The zero-order valence-corrected chi connectivity index (χ0v) is 13.6. The Kier molecular flexibility index (Phi) is 4.35. The monoisotopic (exact) mass is 327 g/mol. The fourth-order valence-electron chi connectivity index (χ4n) is 4.02. The van der Waals surface area contributed by atoms with Crippen molar-refractivity contribution < 1.29 is 14.0 Å². The lowest BCUT2D eigenvalue weighted by atomic mass is 9.69. The van der Waals surface area contributed by atoms with Crippen molar-refractivity contribution in [3.05, 3.63) is 71.5 Å². The standard InChI is InChI=1S/C20H22FNO2/c21-19-9-5-4-8-18(19)20-12-17(11-10-16(20)14-24-22-20)23-13-15-6-2-1-3-7-15/h1-9,16-17,22H,10-14H2. The van der Waals surface area contributed by atoms with E-state index in [2.05, 4.69) is 17.6 Å². The fraction of sp³-hybridized carbons (Fsp3) is 0.400. The van der Waals surface area contributed by atoms with Crippen LogP contribution in [0.2, 0.25) is 0 Å². The molecule has 126 valence electrons. The summed E-state index contributed by atoms with van der Waals surface area (Å²) >= 11 is 0. The number of hydrogen-bond acceptors (Lipinski definition) is 3. The first-order valence-electron chi connectivity index (χ1n) is 8.57. The molecular formula is C20H22FNO2. The van der Waals surface area contributed by atoms with E-state index < -0.39 is 5.54 Å². The third-order valence-electron chi connectivity index (χ3n) is 5.31. The zero-order valence-electron chi connectivity index (χ0n) is 13.6. The Morgan fingerprint density at radius 3 is 2.71 bits per heavy atom. The minimum absolute atomic E-state index is 0.0928. The van der Waals surface area contributed by atoms with E-state index in [1.165, 1.54) is 6.07 Å². The van der Waals surface area contributed by atoms with Gasteiger partial charge in [0.2, 0.25) is 0 Å². The second-order valence-electron chi connectivity index (χ2n) is 6.76. The van der Waals surface area contributed by atoms with E-state index in [1.807, 2.05) is 30.3 Å². The summed E-state index contributed by atoms with van der Waals surface area (Å²) in [6.45, 7) is 1.21. The number of nitrogens with one attached hydrogen (secondary N) is 1. The molecule has 3 nitrogen and oxygen atoms in total. The highest BCUT2D eigenvalue weighted by Crippen LogP contribution is 2.46. The van der Waals surface area contributed by atoms with E-state index in [0.717, 1.165) is 24.8 Å². The fourth-order valence-corrected chi connectivity index (χ4v) is 4.02. The average molecular weight is 327 g/mol. The molecule has 0 radical (unpaired) electrons. The van der Waals surface area contributed by atoms with E-state index >= 15 is 0 Å². The minimum Gasteiger partial charge on any atom is -0.373 e. The van der Waals surface area contributed by atoms with Crippen molar-refractivity contribution in [2.24, 2.45) is 5.92 Å². The highest BCUT2D eigenvalue weighted by Gasteiger charge is 2.50. The van der Waals surface area contributed by atoms with Crippen molar-refractivity contribution in [2.75, 3.05) is 6.61 Å². The van der Waals surface area contributed by atoms with Crippen molar-refractivity contribution in [1.29, 1.82) is 0 Å². The predicted molar refractivity (Wildman–Crippen MR) is 89.5 cm³/mol. The van der Waals surface area contributed by atoms with E-state index in [9.17, 15) is 4.39 Å². The van der Waals surface area contributed by atoms with Gasteiger partial charge in [-0.25, -0.2) is 4.39 Å². The van der Waals surface area contributed by atoms with E-state index in [4.69, 9.17) is 9.57 Å². The van der Waals surface area contributed by atoms with Gasteiger partial charge in [-0.1, -0.05) is 48.5 Å². The first-order chi connectivity index (χ1) is 11.8. The molecule has 1 aliphatic heterocycles. The molecule has 2 fully saturated rings. The van der Waals surface area contributed by atoms with Gasteiger partial charge >= 0.3 is 0 Å². The maximum atomic E-state index is 14.4. The second-order valence-corrected chi connectivity index (χ2v) is 6.76. The Morgan fingerprint density at radius 2 is 1.88 bits per heavy atom. The summed E-state index contributed by atoms with van der Waals surface area (Å²) in [5.41, 5.74) is 4.51. The van der Waals surface area contributed by atoms with Crippen LogP contribution in [0.5, 0.6) is 0 Å². The topological polar surface area (TPSA) is 30.5 Å². The van der Waals surface area contributed by atoms with Gasteiger partial charge < -0.3 is 9.57 Å². The summed E-state index contributed by atoms with van der Waals surface area (Å²) in [7, 11) is 0. The van der Waals surface area contributed by atoms with Gasteiger partial charge in [0, 0.05) is 11.5 Å². The van der Waals surface area contributed by atoms with Gasteiger partial charge in [-0.05, 0) is 30.9 Å². The average Bonchev–Trinajstić information content (AvgIpc) is 3.05. The molecule has 4 rings (SSSR count). The molecule has 1 aliphatic carbocycles. The van der Waals surface area contributed by atoms with Crippen LogP contribution in [0.25, 0.3) is 0 Å². The van der Waals surface area contributed by atoms with Crippen molar-refractivity contribution in [2.45, 2.75) is 37.5 Å². The molecule has 3 atom stereocenters. The van der Waals surface area contributed by atoms with Crippen LogP contribution in [0.3, 0.4) is 0 Å². The normalized spacial score (nSPS) is 29.4. The zero-order chi connectivity index (χ0) is 16.4. The number of hydroxylamine groups is 1. The van der Waals surface area contributed by atoms with Gasteiger partial charge in [-0.2, -0.15) is 5.48 Å². The smallest absolute Gasteiger partial charge is 0.128 e. The predicted octanol–water partition coefficient (Wildman–Crippen LogP) is 3.94. The maximum Gasteiger partial charge on any atom is 0.128 e. The molecule has 24 heavy (non-hydrogen) atoms. The molecule has 0 spiro atoms. The summed E-state index contributed by atoms with van der Waals surface area (Å²) in [6.07, 6.45) is 2.78. The molecule has 2 aromatic carbocycles. The number of fused-ring (bicyclic) bond motifs is 1. The third kappa shape index (κ3) is 2.86. The first-order valence-corrected chi connectivity index (χ1v) is 8.57. The Bertz CT molecular complexity index is 693. The third-order valence-corrected chi connectivity index (χ3v) is 5.31. The molecule has 1 heterocycles. The van der Waals surface area contributed by atoms with Crippen LogP contribution >= 0.6 is 0 Å². The van der Waals surface area contributed by atoms with Crippen molar-refractivity contribution in [1.82, 2.24) is 5.48 Å². The molecule has 1 N–H and O–H groups in total. The van der Waals surface area contributed by atoms with Crippen LogP contribution in [-0.2, 0) is 21.7 Å². The first kappa shape index (κ1) is 15.8. The lowest BCUT2D eigenvalue weighted by molar-refractivity contribution is -0.0327. The highest BCUT2D eigenvalue weighted by atomic mass is 19.1. The molecular weight excluding hydrogens is 305 g/mol. The van der Waals surface area contributed by atoms with Crippen molar-refractivity contribution in [3.63, 3.8) is 0 Å². The van der Waals surface area contributed by atoms with Crippen LogP contribution in [0.15, 0.2) is 54.6 Å². The Hall–Kier alpha value is -1.75. The molecule has 2 aromatic rings. The van der Waals surface area contributed by atoms with Gasteiger partial charge in [-0.15, -0.1) is 0 Å². The molecule has 1 saturated heterocycles.